The summed E-state index contributed by atoms with van der Waals surface area (Å²) in [6.07, 6.45) is 2.02. The van der Waals surface area contributed by atoms with E-state index < -0.39 is 0 Å². The molecule has 1 heterocycles. The van der Waals surface area contributed by atoms with E-state index in [4.69, 9.17) is 0 Å². The molecule has 0 aliphatic rings. The van der Waals surface area contributed by atoms with Crippen LogP contribution in [0.25, 0.3) is 22.0 Å². The lowest BCUT2D eigenvalue weighted by molar-refractivity contribution is 0.347. The van der Waals surface area contributed by atoms with E-state index in [1.54, 1.807) is 0 Å². The summed E-state index contributed by atoms with van der Waals surface area (Å²) >= 11 is 0. The Balaban J connectivity index is 2.07. The number of nitrogens with zero attached hydrogens (tertiary/aromatic N) is 3. The predicted octanol–water partition coefficient (Wildman–Crippen LogP) is 5.15. The molecule has 2 aromatic carbocycles. The van der Waals surface area contributed by atoms with Crippen molar-refractivity contribution in [1.82, 2.24) is 15.0 Å². The average Bonchev–Trinajstić information content (AvgIpc) is 2.95. The zero-order chi connectivity index (χ0) is 16.8. The lowest BCUT2D eigenvalue weighted by Gasteiger charge is -2.19. The van der Waals surface area contributed by atoms with E-state index >= 15 is 0 Å². The van der Waals surface area contributed by atoms with Gasteiger partial charge in [0, 0.05) is 5.56 Å². The maximum atomic E-state index is 4.34. The first-order chi connectivity index (χ1) is 10.6. The first-order valence-electron chi connectivity index (χ1n) is 8.12. The zero-order valence-electron chi connectivity index (χ0n) is 14.9. The third kappa shape index (κ3) is 3.14. The Morgan fingerprint density at radius 2 is 1.52 bits per heavy atom. The maximum absolute atomic E-state index is 4.34. The van der Waals surface area contributed by atoms with E-state index in [0.29, 0.717) is 0 Å². The van der Waals surface area contributed by atoms with Crippen LogP contribution in [0.3, 0.4) is 0 Å². The summed E-state index contributed by atoms with van der Waals surface area (Å²) in [5.74, 6) is 0. The molecule has 1 aromatic heterocycles. The van der Waals surface area contributed by atoms with Crippen molar-refractivity contribution >= 4 is 10.8 Å². The van der Waals surface area contributed by atoms with E-state index in [2.05, 4.69) is 88.3 Å². The minimum absolute atomic E-state index is 0.0541. The number of hydrogen-bond acceptors (Lipinski definition) is 2. The van der Waals surface area contributed by atoms with Gasteiger partial charge in [0.05, 0.1) is 11.7 Å². The van der Waals surface area contributed by atoms with E-state index in [9.17, 15) is 0 Å². The molecule has 0 atom stereocenters. The van der Waals surface area contributed by atoms with Gasteiger partial charge in [0.15, 0.2) is 0 Å². The molecular weight excluding hydrogens is 282 g/mol. The van der Waals surface area contributed by atoms with E-state index in [1.165, 1.54) is 16.3 Å². The number of fused-ring (bicyclic) bond motifs is 1. The van der Waals surface area contributed by atoms with Crippen LogP contribution in [0.4, 0.5) is 0 Å². The highest BCUT2D eigenvalue weighted by Gasteiger charge is 2.16. The standard InChI is InChI=1S/C20H25N3/c1-19(2,3)17-10-9-14-7-8-15(11-16(14)12-17)18-13-23(22-21-18)20(4,5)6/h7-13H,1-6H3. The Morgan fingerprint density at radius 3 is 2.13 bits per heavy atom. The summed E-state index contributed by atoms with van der Waals surface area (Å²) in [6, 6.07) is 13.2. The lowest BCUT2D eigenvalue weighted by Crippen LogP contribution is -2.22. The van der Waals surface area contributed by atoms with E-state index in [0.717, 1.165) is 11.3 Å². The van der Waals surface area contributed by atoms with Crippen LogP contribution >= 0.6 is 0 Å². The summed E-state index contributed by atoms with van der Waals surface area (Å²) in [7, 11) is 0. The SMILES string of the molecule is CC(C)(C)c1ccc2ccc(-c3cn(C(C)(C)C)nn3)cc2c1. The Morgan fingerprint density at radius 1 is 0.826 bits per heavy atom. The van der Waals surface area contributed by atoms with Crippen LogP contribution in [-0.2, 0) is 11.0 Å². The molecule has 0 unspecified atom stereocenters. The van der Waals surface area contributed by atoms with Crippen LogP contribution in [0, 0.1) is 0 Å². The highest BCUT2D eigenvalue weighted by molar-refractivity contribution is 5.87. The number of rotatable bonds is 1. The van der Waals surface area contributed by atoms with Crippen molar-refractivity contribution in [3.8, 4) is 11.3 Å². The molecule has 0 amide bonds. The van der Waals surface area contributed by atoms with Crippen molar-refractivity contribution in [3.05, 3.63) is 48.2 Å². The van der Waals surface area contributed by atoms with Gasteiger partial charge in [0.2, 0.25) is 0 Å². The van der Waals surface area contributed by atoms with Crippen molar-refractivity contribution in [2.45, 2.75) is 52.5 Å². The zero-order valence-corrected chi connectivity index (χ0v) is 14.9. The van der Waals surface area contributed by atoms with Gasteiger partial charge in [-0.3, -0.25) is 0 Å². The van der Waals surface area contributed by atoms with Gasteiger partial charge in [-0.15, -0.1) is 5.10 Å². The smallest absolute Gasteiger partial charge is 0.113 e. The van der Waals surface area contributed by atoms with Crippen LogP contribution in [0.1, 0.15) is 47.1 Å². The largest absolute Gasteiger partial charge is 0.247 e. The Labute approximate surface area is 138 Å². The van der Waals surface area contributed by atoms with Crippen LogP contribution in [0.15, 0.2) is 42.6 Å². The van der Waals surface area contributed by atoms with Gasteiger partial charge in [0.25, 0.3) is 0 Å². The molecule has 3 rings (SSSR count). The quantitative estimate of drug-likeness (QED) is 0.622. The molecule has 3 heteroatoms. The Bertz CT molecular complexity index is 845. The van der Waals surface area contributed by atoms with Crippen molar-refractivity contribution in [3.63, 3.8) is 0 Å². The summed E-state index contributed by atoms with van der Waals surface area (Å²) in [5, 5.41) is 11.1. The van der Waals surface area contributed by atoms with Gasteiger partial charge in [-0.2, -0.15) is 0 Å². The number of aromatic nitrogens is 3. The predicted molar refractivity (Wildman–Crippen MR) is 96.7 cm³/mol. The summed E-state index contributed by atoms with van der Waals surface area (Å²) in [4.78, 5) is 0. The normalized spacial score (nSPS) is 12.8. The fourth-order valence-corrected chi connectivity index (χ4v) is 2.60. The molecule has 3 nitrogen and oxygen atoms in total. The molecule has 0 radical (unpaired) electrons. The molecule has 0 aliphatic heterocycles. The molecule has 0 N–H and O–H groups in total. The minimum atomic E-state index is -0.0541. The van der Waals surface area contributed by atoms with E-state index in [1.807, 2.05) is 10.9 Å². The Hall–Kier alpha value is -2.16. The molecule has 0 saturated heterocycles. The topological polar surface area (TPSA) is 30.7 Å². The van der Waals surface area contributed by atoms with Crippen molar-refractivity contribution in [2.75, 3.05) is 0 Å². The van der Waals surface area contributed by atoms with Crippen LogP contribution in [0.2, 0.25) is 0 Å². The number of hydrogen-bond donors (Lipinski definition) is 0. The first kappa shape index (κ1) is 15.7. The highest BCUT2D eigenvalue weighted by atomic mass is 15.4. The summed E-state index contributed by atoms with van der Waals surface area (Å²) in [5.41, 5.74) is 3.48. The molecule has 0 spiro atoms. The molecule has 0 fully saturated rings. The average molecular weight is 307 g/mol. The first-order valence-corrected chi connectivity index (χ1v) is 8.12. The van der Waals surface area contributed by atoms with Gasteiger partial charge < -0.3 is 0 Å². The summed E-state index contributed by atoms with van der Waals surface area (Å²) < 4.78 is 1.91. The molecule has 0 bridgehead atoms. The lowest BCUT2D eigenvalue weighted by atomic mass is 9.86. The summed E-state index contributed by atoms with van der Waals surface area (Å²) in [6.45, 7) is 13.1. The second-order valence-corrected chi connectivity index (χ2v) is 8.25. The number of benzene rings is 2. The highest BCUT2D eigenvalue weighted by Crippen LogP contribution is 2.29. The van der Waals surface area contributed by atoms with Gasteiger partial charge in [-0.05, 0) is 48.6 Å². The molecule has 3 aromatic rings. The van der Waals surface area contributed by atoms with Crippen molar-refractivity contribution < 1.29 is 0 Å². The second kappa shape index (κ2) is 5.19. The van der Waals surface area contributed by atoms with Crippen LogP contribution in [-0.4, -0.2) is 15.0 Å². The van der Waals surface area contributed by atoms with Gasteiger partial charge in [-0.25, -0.2) is 4.68 Å². The van der Waals surface area contributed by atoms with E-state index in [-0.39, 0.29) is 11.0 Å². The monoisotopic (exact) mass is 307 g/mol. The molecule has 120 valence electrons. The van der Waals surface area contributed by atoms with Gasteiger partial charge >= 0.3 is 0 Å². The molecule has 0 aliphatic carbocycles. The van der Waals surface area contributed by atoms with Gasteiger partial charge in [0.1, 0.15) is 5.69 Å². The van der Waals surface area contributed by atoms with Gasteiger partial charge in [-0.1, -0.05) is 56.3 Å². The fourth-order valence-electron chi connectivity index (χ4n) is 2.60. The van der Waals surface area contributed by atoms with Crippen molar-refractivity contribution in [1.29, 1.82) is 0 Å². The van der Waals surface area contributed by atoms with Crippen LogP contribution in [0.5, 0.6) is 0 Å². The molecule has 0 saturated carbocycles. The van der Waals surface area contributed by atoms with Crippen LogP contribution < -0.4 is 0 Å². The Kier molecular flexibility index (Phi) is 3.55. The van der Waals surface area contributed by atoms with Crippen molar-refractivity contribution in [2.24, 2.45) is 0 Å². The second-order valence-electron chi connectivity index (χ2n) is 8.25. The molecular formula is C20H25N3. The minimum Gasteiger partial charge on any atom is -0.247 e. The maximum Gasteiger partial charge on any atom is 0.113 e. The molecule has 23 heavy (non-hydrogen) atoms. The fraction of sp³-hybridized carbons (Fsp3) is 0.400. The third-order valence-electron chi connectivity index (χ3n) is 4.18. The third-order valence-corrected chi connectivity index (χ3v) is 4.18.